The molecule has 2 nitrogen and oxygen atoms in total. The van der Waals surface area contributed by atoms with E-state index >= 15 is 0 Å². The molecule has 0 amide bonds. The van der Waals surface area contributed by atoms with Crippen LogP contribution in [0.4, 0.5) is 0 Å². The SMILES string of the molecule is CC1CCCC(O)[C@@H]1O. The van der Waals surface area contributed by atoms with Crippen LogP contribution in [0, 0.1) is 5.92 Å². The largest absolute Gasteiger partial charge is 0.390 e. The smallest absolute Gasteiger partial charge is 0.0824 e. The molecule has 0 aromatic rings. The van der Waals surface area contributed by atoms with Crippen molar-refractivity contribution in [3.05, 3.63) is 0 Å². The van der Waals surface area contributed by atoms with Crippen molar-refractivity contribution >= 4 is 0 Å². The average molecular weight is 130 g/mol. The number of rotatable bonds is 0. The zero-order valence-electron chi connectivity index (χ0n) is 5.75. The van der Waals surface area contributed by atoms with Crippen LogP contribution in [-0.4, -0.2) is 22.4 Å². The monoisotopic (exact) mass is 130 g/mol. The minimum atomic E-state index is -0.473. The first-order valence-electron chi connectivity index (χ1n) is 3.58. The minimum Gasteiger partial charge on any atom is -0.390 e. The molecule has 0 aliphatic heterocycles. The van der Waals surface area contributed by atoms with Gasteiger partial charge < -0.3 is 10.2 Å². The summed E-state index contributed by atoms with van der Waals surface area (Å²) in [5, 5.41) is 18.3. The lowest BCUT2D eigenvalue weighted by molar-refractivity contribution is -0.0391. The molecular formula is C7H14O2. The first-order valence-corrected chi connectivity index (χ1v) is 3.58. The molecule has 1 aliphatic carbocycles. The number of hydrogen-bond acceptors (Lipinski definition) is 2. The van der Waals surface area contributed by atoms with E-state index in [1.165, 1.54) is 0 Å². The Labute approximate surface area is 55.5 Å². The Morgan fingerprint density at radius 3 is 2.33 bits per heavy atom. The Hall–Kier alpha value is -0.0800. The molecular weight excluding hydrogens is 116 g/mol. The first kappa shape index (κ1) is 7.03. The molecule has 1 rings (SSSR count). The van der Waals surface area contributed by atoms with Gasteiger partial charge in [-0.1, -0.05) is 13.3 Å². The molecule has 0 aromatic carbocycles. The van der Waals surface area contributed by atoms with Crippen molar-refractivity contribution in [1.29, 1.82) is 0 Å². The van der Waals surface area contributed by atoms with E-state index in [2.05, 4.69) is 0 Å². The summed E-state index contributed by atoms with van der Waals surface area (Å²) < 4.78 is 0. The molecule has 2 heteroatoms. The molecule has 2 unspecified atom stereocenters. The van der Waals surface area contributed by atoms with Gasteiger partial charge in [-0.05, 0) is 18.8 Å². The van der Waals surface area contributed by atoms with Gasteiger partial charge in [0.05, 0.1) is 12.2 Å². The summed E-state index contributed by atoms with van der Waals surface area (Å²) in [5.74, 6) is 0.286. The van der Waals surface area contributed by atoms with Crippen LogP contribution in [0.3, 0.4) is 0 Å². The van der Waals surface area contributed by atoms with Crippen LogP contribution in [0.15, 0.2) is 0 Å². The van der Waals surface area contributed by atoms with Crippen LogP contribution >= 0.6 is 0 Å². The Morgan fingerprint density at radius 2 is 1.89 bits per heavy atom. The Kier molecular flexibility index (Phi) is 2.09. The molecule has 54 valence electrons. The first-order chi connectivity index (χ1) is 4.22. The molecule has 3 atom stereocenters. The zero-order chi connectivity index (χ0) is 6.85. The van der Waals surface area contributed by atoms with Gasteiger partial charge >= 0.3 is 0 Å². The summed E-state index contributed by atoms with van der Waals surface area (Å²) in [6.45, 7) is 1.98. The highest BCUT2D eigenvalue weighted by Crippen LogP contribution is 2.23. The normalized spacial score (nSPS) is 45.0. The molecule has 9 heavy (non-hydrogen) atoms. The predicted octanol–water partition coefficient (Wildman–Crippen LogP) is 0.528. The molecule has 2 N–H and O–H groups in total. The van der Waals surface area contributed by atoms with Gasteiger partial charge in [-0.25, -0.2) is 0 Å². The lowest BCUT2D eigenvalue weighted by atomic mass is 9.86. The van der Waals surface area contributed by atoms with Crippen LogP contribution in [0.2, 0.25) is 0 Å². The maximum atomic E-state index is 9.20. The average Bonchev–Trinajstić information content (AvgIpc) is 1.83. The van der Waals surface area contributed by atoms with Crippen molar-refractivity contribution in [2.45, 2.75) is 38.4 Å². The molecule has 1 aliphatic rings. The highest BCUT2D eigenvalue weighted by atomic mass is 16.3. The zero-order valence-corrected chi connectivity index (χ0v) is 5.75. The van der Waals surface area contributed by atoms with E-state index in [1.54, 1.807) is 0 Å². The van der Waals surface area contributed by atoms with E-state index in [4.69, 9.17) is 5.11 Å². The maximum absolute atomic E-state index is 9.20. The molecule has 0 saturated heterocycles. The lowest BCUT2D eigenvalue weighted by Crippen LogP contribution is -2.35. The molecule has 0 heterocycles. The van der Waals surface area contributed by atoms with Crippen LogP contribution in [0.1, 0.15) is 26.2 Å². The third kappa shape index (κ3) is 1.43. The third-order valence-electron chi connectivity index (χ3n) is 2.14. The summed E-state index contributed by atoms with van der Waals surface area (Å²) in [7, 11) is 0. The molecule has 0 radical (unpaired) electrons. The van der Waals surface area contributed by atoms with E-state index in [0.717, 1.165) is 19.3 Å². The highest BCUT2D eigenvalue weighted by Gasteiger charge is 2.26. The number of hydrogen-bond donors (Lipinski definition) is 2. The van der Waals surface area contributed by atoms with E-state index in [-0.39, 0.29) is 5.92 Å². The van der Waals surface area contributed by atoms with Crippen molar-refractivity contribution < 1.29 is 10.2 Å². The minimum absolute atomic E-state index is 0.286. The number of aliphatic hydroxyl groups excluding tert-OH is 2. The van der Waals surface area contributed by atoms with Gasteiger partial charge in [0.25, 0.3) is 0 Å². The van der Waals surface area contributed by atoms with Crippen molar-refractivity contribution in [2.75, 3.05) is 0 Å². The van der Waals surface area contributed by atoms with Gasteiger partial charge in [0.2, 0.25) is 0 Å². The molecule has 0 bridgehead atoms. The predicted molar refractivity (Wildman–Crippen MR) is 35.0 cm³/mol. The van der Waals surface area contributed by atoms with Gasteiger partial charge in [-0.2, -0.15) is 0 Å². The summed E-state index contributed by atoms with van der Waals surface area (Å²) in [4.78, 5) is 0. The van der Waals surface area contributed by atoms with E-state index < -0.39 is 12.2 Å². The standard InChI is InChI=1S/C7H14O2/c1-5-3-2-4-6(8)7(5)9/h5-9H,2-4H2,1H3/t5?,6?,7-/m1/s1. The van der Waals surface area contributed by atoms with Gasteiger partial charge in [-0.3, -0.25) is 0 Å². The van der Waals surface area contributed by atoms with Crippen molar-refractivity contribution in [2.24, 2.45) is 5.92 Å². The Balaban J connectivity index is 2.41. The van der Waals surface area contributed by atoms with E-state index in [1.807, 2.05) is 6.92 Å². The second-order valence-electron chi connectivity index (χ2n) is 2.97. The second-order valence-corrected chi connectivity index (χ2v) is 2.97. The molecule has 0 spiro atoms. The maximum Gasteiger partial charge on any atom is 0.0824 e. The summed E-state index contributed by atoms with van der Waals surface area (Å²) in [6, 6.07) is 0. The lowest BCUT2D eigenvalue weighted by Gasteiger charge is -2.28. The van der Waals surface area contributed by atoms with E-state index in [9.17, 15) is 5.11 Å². The van der Waals surface area contributed by atoms with Crippen LogP contribution < -0.4 is 0 Å². The van der Waals surface area contributed by atoms with Gasteiger partial charge in [-0.15, -0.1) is 0 Å². The quantitative estimate of drug-likeness (QED) is 0.502. The van der Waals surface area contributed by atoms with Crippen molar-refractivity contribution in [3.8, 4) is 0 Å². The van der Waals surface area contributed by atoms with Gasteiger partial charge in [0, 0.05) is 0 Å². The molecule has 1 saturated carbocycles. The molecule has 1 fully saturated rings. The van der Waals surface area contributed by atoms with Gasteiger partial charge in [0.1, 0.15) is 0 Å². The topological polar surface area (TPSA) is 40.5 Å². The fraction of sp³-hybridized carbons (Fsp3) is 1.00. The van der Waals surface area contributed by atoms with Crippen LogP contribution in [0.25, 0.3) is 0 Å². The fourth-order valence-electron chi connectivity index (χ4n) is 1.37. The summed E-state index contributed by atoms with van der Waals surface area (Å²) in [5.41, 5.74) is 0. The molecule has 0 aromatic heterocycles. The second kappa shape index (κ2) is 2.67. The van der Waals surface area contributed by atoms with E-state index in [0.29, 0.717) is 0 Å². The fourth-order valence-corrected chi connectivity index (χ4v) is 1.37. The Bertz CT molecular complexity index is 82.9. The van der Waals surface area contributed by atoms with Crippen LogP contribution in [0.5, 0.6) is 0 Å². The third-order valence-corrected chi connectivity index (χ3v) is 2.14. The van der Waals surface area contributed by atoms with Crippen molar-refractivity contribution in [1.82, 2.24) is 0 Å². The summed E-state index contributed by atoms with van der Waals surface area (Å²) >= 11 is 0. The Morgan fingerprint density at radius 1 is 1.22 bits per heavy atom. The van der Waals surface area contributed by atoms with Crippen LogP contribution in [-0.2, 0) is 0 Å². The van der Waals surface area contributed by atoms with Gasteiger partial charge in [0.15, 0.2) is 0 Å². The summed E-state index contributed by atoms with van der Waals surface area (Å²) in [6.07, 6.45) is 1.94. The highest BCUT2D eigenvalue weighted by molar-refractivity contribution is 4.78. The van der Waals surface area contributed by atoms with Crippen molar-refractivity contribution in [3.63, 3.8) is 0 Å². The number of aliphatic hydroxyl groups is 2.